The van der Waals surface area contributed by atoms with Crippen molar-refractivity contribution in [2.45, 2.75) is 85.5 Å². The zero-order chi connectivity index (χ0) is 13.2. The molecule has 0 aromatic carbocycles. The lowest BCUT2D eigenvalue weighted by molar-refractivity contribution is 0.285. The molecule has 2 aliphatic rings. The van der Waals surface area contributed by atoms with Crippen LogP contribution in [0.1, 0.15) is 85.5 Å². The lowest BCUT2D eigenvalue weighted by Gasteiger charge is -2.23. The molecule has 2 rings (SSSR count). The molecule has 0 radical (unpaired) electrons. The number of hydrogen-bond donors (Lipinski definition) is 0. The van der Waals surface area contributed by atoms with Crippen LogP contribution in [0.3, 0.4) is 0 Å². The van der Waals surface area contributed by atoms with Gasteiger partial charge in [-0.05, 0) is 41.9 Å². The first-order valence-electron chi connectivity index (χ1n) is 8.57. The van der Waals surface area contributed by atoms with Crippen LogP contribution in [0.25, 0.3) is 0 Å². The minimum absolute atomic E-state index is 0.682. The summed E-state index contributed by atoms with van der Waals surface area (Å²) < 4.78 is 0. The zero-order valence-corrected chi connectivity index (χ0v) is 13.2. The van der Waals surface area contributed by atoms with E-state index in [0.717, 1.165) is 23.7 Å². The Morgan fingerprint density at radius 1 is 0.833 bits per heavy atom. The van der Waals surface area contributed by atoms with Gasteiger partial charge in [0.25, 0.3) is 0 Å². The normalized spacial score (nSPS) is 41.3. The van der Waals surface area contributed by atoms with Gasteiger partial charge in [-0.2, -0.15) is 0 Å². The average Bonchev–Trinajstić information content (AvgIpc) is 2.83. The first-order valence-corrected chi connectivity index (χ1v) is 8.57. The van der Waals surface area contributed by atoms with Gasteiger partial charge in [0.2, 0.25) is 0 Å². The molecule has 0 aromatic heterocycles. The van der Waals surface area contributed by atoms with Crippen molar-refractivity contribution in [2.75, 3.05) is 0 Å². The summed E-state index contributed by atoms with van der Waals surface area (Å²) in [6, 6.07) is 0. The molecule has 18 heavy (non-hydrogen) atoms. The van der Waals surface area contributed by atoms with Crippen LogP contribution >= 0.6 is 0 Å². The highest BCUT2D eigenvalue weighted by molar-refractivity contribution is 5.04. The molecule has 0 heterocycles. The van der Waals surface area contributed by atoms with Gasteiger partial charge in [-0.1, -0.05) is 72.6 Å². The van der Waals surface area contributed by atoms with E-state index in [0.29, 0.717) is 5.41 Å². The fraction of sp³-hybridized carbons (Fsp3) is 1.00. The predicted octanol–water partition coefficient (Wildman–Crippen LogP) is 6.06. The second kappa shape index (κ2) is 5.97. The summed E-state index contributed by atoms with van der Waals surface area (Å²) in [5, 5.41) is 0. The molecule has 2 aliphatic carbocycles. The molecule has 0 heteroatoms. The summed E-state index contributed by atoms with van der Waals surface area (Å²) in [5.74, 6) is 4.10. The molecule has 2 fully saturated rings. The maximum absolute atomic E-state index is 2.52. The van der Waals surface area contributed by atoms with E-state index in [1.165, 1.54) is 57.8 Å². The van der Waals surface area contributed by atoms with E-state index < -0.39 is 0 Å². The lowest BCUT2D eigenvalue weighted by atomic mass is 9.83. The predicted molar refractivity (Wildman–Crippen MR) is 80.6 cm³/mol. The molecule has 0 aromatic rings. The van der Waals surface area contributed by atoms with Gasteiger partial charge in [0.1, 0.15) is 0 Å². The molecule has 0 amide bonds. The van der Waals surface area contributed by atoms with Crippen molar-refractivity contribution in [2.24, 2.45) is 29.1 Å². The van der Waals surface area contributed by atoms with Crippen LogP contribution in [-0.2, 0) is 0 Å². The van der Waals surface area contributed by atoms with Gasteiger partial charge >= 0.3 is 0 Å². The van der Waals surface area contributed by atoms with Crippen molar-refractivity contribution in [3.8, 4) is 0 Å². The topological polar surface area (TPSA) is 0 Å². The second-order valence-corrected chi connectivity index (χ2v) is 7.75. The summed E-state index contributed by atoms with van der Waals surface area (Å²) in [4.78, 5) is 0. The lowest BCUT2D eigenvalue weighted by Crippen LogP contribution is -2.11. The molecular formula is C18H34. The van der Waals surface area contributed by atoms with Gasteiger partial charge in [-0.15, -0.1) is 0 Å². The van der Waals surface area contributed by atoms with E-state index in [2.05, 4.69) is 27.7 Å². The van der Waals surface area contributed by atoms with Gasteiger partial charge in [0.05, 0.1) is 0 Å². The Morgan fingerprint density at radius 2 is 1.44 bits per heavy atom. The average molecular weight is 250 g/mol. The van der Waals surface area contributed by atoms with Crippen molar-refractivity contribution >= 4 is 0 Å². The zero-order valence-electron chi connectivity index (χ0n) is 13.2. The smallest absolute Gasteiger partial charge is 0.0292 e. The highest BCUT2D eigenvalue weighted by atomic mass is 14.6. The molecule has 0 nitrogen and oxygen atoms in total. The first-order chi connectivity index (χ1) is 8.57. The van der Waals surface area contributed by atoms with Crippen LogP contribution in [0.15, 0.2) is 0 Å². The molecule has 0 bridgehead atoms. The Kier molecular flexibility index (Phi) is 4.78. The van der Waals surface area contributed by atoms with E-state index in [-0.39, 0.29) is 0 Å². The summed E-state index contributed by atoms with van der Waals surface area (Å²) in [6.45, 7) is 9.94. The number of fused-ring (bicyclic) bond motifs is 1. The molecule has 0 N–H and O–H groups in total. The maximum atomic E-state index is 2.52. The third-order valence-electron chi connectivity index (χ3n) is 6.38. The van der Waals surface area contributed by atoms with Crippen molar-refractivity contribution in [3.63, 3.8) is 0 Å². The quantitative estimate of drug-likeness (QED) is 0.531. The minimum Gasteiger partial charge on any atom is -0.0651 e. The third-order valence-corrected chi connectivity index (χ3v) is 6.38. The van der Waals surface area contributed by atoms with Crippen molar-refractivity contribution in [1.29, 1.82) is 0 Å². The Morgan fingerprint density at radius 3 is 2.11 bits per heavy atom. The van der Waals surface area contributed by atoms with Crippen molar-refractivity contribution in [3.05, 3.63) is 0 Å². The Balaban J connectivity index is 1.89. The molecule has 4 unspecified atom stereocenters. The Labute approximate surface area is 115 Å². The van der Waals surface area contributed by atoms with E-state index in [9.17, 15) is 0 Å². The SMILES string of the molecule is CCC1CCCC2C(CCCCCC1C)C2(C)C. The number of hydrogen-bond acceptors (Lipinski definition) is 0. The largest absolute Gasteiger partial charge is 0.0651 e. The van der Waals surface area contributed by atoms with Gasteiger partial charge < -0.3 is 0 Å². The van der Waals surface area contributed by atoms with Crippen LogP contribution in [0, 0.1) is 29.1 Å². The van der Waals surface area contributed by atoms with Crippen LogP contribution in [0.4, 0.5) is 0 Å². The van der Waals surface area contributed by atoms with Gasteiger partial charge in [0.15, 0.2) is 0 Å². The first kappa shape index (κ1) is 14.4. The third kappa shape index (κ3) is 3.11. The van der Waals surface area contributed by atoms with Gasteiger partial charge in [0, 0.05) is 0 Å². The standard InChI is InChI=1S/C18H34/c1-5-15-11-9-13-17-16(18(17,3)4)12-8-6-7-10-14(15)2/h14-17H,5-13H2,1-4H3. The highest BCUT2D eigenvalue weighted by Gasteiger charge is 2.55. The molecule has 2 saturated carbocycles. The van der Waals surface area contributed by atoms with Crippen LogP contribution in [0.5, 0.6) is 0 Å². The summed E-state index contributed by atoms with van der Waals surface area (Å²) in [6.07, 6.45) is 13.4. The minimum atomic E-state index is 0.682. The molecule has 0 saturated heterocycles. The second-order valence-electron chi connectivity index (χ2n) is 7.75. The number of rotatable bonds is 1. The summed E-state index contributed by atoms with van der Waals surface area (Å²) in [7, 11) is 0. The molecule has 0 spiro atoms. The fourth-order valence-electron chi connectivity index (χ4n) is 4.74. The van der Waals surface area contributed by atoms with E-state index in [1.807, 2.05) is 0 Å². The molecule has 106 valence electrons. The molecule has 0 aliphatic heterocycles. The van der Waals surface area contributed by atoms with Crippen molar-refractivity contribution < 1.29 is 0 Å². The van der Waals surface area contributed by atoms with Crippen LogP contribution in [0.2, 0.25) is 0 Å². The summed E-state index contributed by atoms with van der Waals surface area (Å²) >= 11 is 0. The Bertz CT molecular complexity index is 251. The monoisotopic (exact) mass is 250 g/mol. The molecular weight excluding hydrogens is 216 g/mol. The van der Waals surface area contributed by atoms with Crippen LogP contribution < -0.4 is 0 Å². The highest BCUT2D eigenvalue weighted by Crippen LogP contribution is 2.62. The van der Waals surface area contributed by atoms with E-state index in [4.69, 9.17) is 0 Å². The molecule has 4 atom stereocenters. The van der Waals surface area contributed by atoms with Gasteiger partial charge in [-0.25, -0.2) is 0 Å². The van der Waals surface area contributed by atoms with E-state index >= 15 is 0 Å². The van der Waals surface area contributed by atoms with Crippen molar-refractivity contribution in [1.82, 2.24) is 0 Å². The maximum Gasteiger partial charge on any atom is -0.0292 e. The van der Waals surface area contributed by atoms with Gasteiger partial charge in [-0.3, -0.25) is 0 Å². The van der Waals surface area contributed by atoms with E-state index in [1.54, 1.807) is 0 Å². The van der Waals surface area contributed by atoms with Crippen LogP contribution in [-0.4, -0.2) is 0 Å². The fourth-order valence-corrected chi connectivity index (χ4v) is 4.74. The summed E-state index contributed by atoms with van der Waals surface area (Å²) in [5.41, 5.74) is 0.682. The Hall–Kier alpha value is 0.